The lowest BCUT2D eigenvalue weighted by Gasteiger charge is -2.28. The van der Waals surface area contributed by atoms with Gasteiger partial charge in [0.15, 0.2) is 11.5 Å². The van der Waals surface area contributed by atoms with E-state index in [1.54, 1.807) is 12.1 Å². The van der Waals surface area contributed by atoms with E-state index in [1.165, 1.54) is 12.1 Å². The first-order valence-electron chi connectivity index (χ1n) is 10.3. The number of fused-ring (bicyclic) bond motifs is 1. The van der Waals surface area contributed by atoms with Gasteiger partial charge in [0, 0.05) is 19.5 Å². The highest BCUT2D eigenvalue weighted by Gasteiger charge is 2.32. The van der Waals surface area contributed by atoms with E-state index >= 15 is 0 Å². The first kappa shape index (κ1) is 20.1. The van der Waals surface area contributed by atoms with E-state index in [1.807, 2.05) is 18.2 Å². The molecule has 2 aliphatic heterocycles. The molecule has 0 aromatic heterocycles. The molecule has 0 spiro atoms. The van der Waals surface area contributed by atoms with Crippen molar-refractivity contribution in [3.63, 3.8) is 0 Å². The molecule has 2 N–H and O–H groups in total. The molecular weight excluding hydrogens is 373 g/mol. The number of likely N-dealkylation sites (tertiary alicyclic amines) is 1. The second-order valence-electron chi connectivity index (χ2n) is 7.97. The summed E-state index contributed by atoms with van der Waals surface area (Å²) in [6.07, 6.45) is 2.17. The first-order chi connectivity index (χ1) is 14.0. The zero-order chi connectivity index (χ0) is 20.3. The molecule has 156 valence electrons. The summed E-state index contributed by atoms with van der Waals surface area (Å²) in [6, 6.07) is 11.7. The Labute approximate surface area is 170 Å². The second kappa shape index (κ2) is 8.69. The van der Waals surface area contributed by atoms with E-state index in [-0.39, 0.29) is 5.82 Å². The first-order valence-corrected chi connectivity index (χ1v) is 10.3. The third-order valence-electron chi connectivity index (χ3n) is 5.88. The van der Waals surface area contributed by atoms with Crippen molar-refractivity contribution in [3.05, 3.63) is 59.4 Å². The Morgan fingerprint density at radius 2 is 1.72 bits per heavy atom. The van der Waals surface area contributed by atoms with Gasteiger partial charge in [-0.15, -0.1) is 0 Å². The number of hydrogen-bond acceptors (Lipinski definition) is 5. The average molecular weight is 401 g/mol. The van der Waals surface area contributed by atoms with Gasteiger partial charge in [-0.05, 0) is 61.2 Å². The highest BCUT2D eigenvalue weighted by atomic mass is 19.1. The van der Waals surface area contributed by atoms with Gasteiger partial charge in [0.2, 0.25) is 0 Å². The van der Waals surface area contributed by atoms with E-state index in [0.717, 1.165) is 36.3 Å². The molecule has 29 heavy (non-hydrogen) atoms. The molecule has 0 unspecified atom stereocenters. The van der Waals surface area contributed by atoms with E-state index in [4.69, 9.17) is 9.47 Å². The zero-order valence-corrected chi connectivity index (χ0v) is 16.5. The van der Waals surface area contributed by atoms with Gasteiger partial charge >= 0.3 is 0 Å². The van der Waals surface area contributed by atoms with Gasteiger partial charge in [-0.3, -0.25) is 0 Å². The molecule has 6 heteroatoms. The van der Waals surface area contributed by atoms with Gasteiger partial charge in [-0.1, -0.05) is 18.2 Å². The van der Waals surface area contributed by atoms with Crippen LogP contribution in [0.4, 0.5) is 4.39 Å². The number of nitrogens with zero attached hydrogens (tertiary/aromatic N) is 1. The Kier molecular flexibility index (Phi) is 6.04. The molecule has 0 saturated carbocycles. The Morgan fingerprint density at radius 1 is 0.966 bits per heavy atom. The molecular formula is C23H28FNO4. The Morgan fingerprint density at radius 3 is 2.52 bits per heavy atom. The van der Waals surface area contributed by atoms with Crippen LogP contribution in [0.1, 0.15) is 42.9 Å². The smallest absolute Gasteiger partial charge is 0.161 e. The molecule has 1 saturated heterocycles. The van der Waals surface area contributed by atoms with Crippen molar-refractivity contribution in [2.75, 3.05) is 32.8 Å². The monoisotopic (exact) mass is 401 g/mol. The number of benzene rings is 2. The van der Waals surface area contributed by atoms with Crippen molar-refractivity contribution in [3.8, 4) is 11.5 Å². The van der Waals surface area contributed by atoms with Crippen LogP contribution in [0.3, 0.4) is 0 Å². The minimum Gasteiger partial charge on any atom is -0.490 e. The van der Waals surface area contributed by atoms with Crippen LogP contribution in [0.15, 0.2) is 42.5 Å². The molecule has 0 bridgehead atoms. The maximum atomic E-state index is 13.2. The number of aliphatic hydroxyl groups is 2. The molecule has 2 atom stereocenters. The highest BCUT2D eigenvalue weighted by Crippen LogP contribution is 2.35. The standard InChI is InChI=1S/C23H28FNO4/c24-19-6-4-18(5-7-19)23(27)9-1-11-25(12-10-23)16-20(26)17-3-8-21-22(15-17)29-14-2-13-28-21/h3-8,15,20,26-27H,1-2,9-14,16H2/t20-,23+/m0/s1. The van der Waals surface area contributed by atoms with Gasteiger partial charge in [0.1, 0.15) is 5.82 Å². The van der Waals surface area contributed by atoms with Crippen LogP contribution < -0.4 is 9.47 Å². The van der Waals surface area contributed by atoms with E-state index < -0.39 is 11.7 Å². The lowest BCUT2D eigenvalue weighted by atomic mass is 9.87. The van der Waals surface area contributed by atoms with Crippen molar-refractivity contribution in [1.29, 1.82) is 0 Å². The number of aliphatic hydroxyl groups excluding tert-OH is 1. The van der Waals surface area contributed by atoms with Gasteiger partial charge in [-0.25, -0.2) is 4.39 Å². The summed E-state index contributed by atoms with van der Waals surface area (Å²) in [6.45, 7) is 3.19. The molecule has 2 aromatic rings. The largest absolute Gasteiger partial charge is 0.490 e. The quantitative estimate of drug-likeness (QED) is 0.822. The number of halogens is 1. The molecule has 5 nitrogen and oxygen atoms in total. The van der Waals surface area contributed by atoms with Crippen LogP contribution in [0, 0.1) is 5.82 Å². The van der Waals surface area contributed by atoms with Crippen molar-refractivity contribution in [1.82, 2.24) is 4.90 Å². The van der Waals surface area contributed by atoms with Crippen LogP contribution in [0.5, 0.6) is 11.5 Å². The van der Waals surface area contributed by atoms with Gasteiger partial charge in [0.25, 0.3) is 0 Å². The molecule has 0 aliphatic carbocycles. The van der Waals surface area contributed by atoms with Crippen LogP contribution in [-0.2, 0) is 5.60 Å². The van der Waals surface area contributed by atoms with E-state index in [9.17, 15) is 14.6 Å². The fraction of sp³-hybridized carbons (Fsp3) is 0.478. The number of ether oxygens (including phenoxy) is 2. The van der Waals surface area contributed by atoms with Gasteiger partial charge in [0.05, 0.1) is 24.9 Å². The molecule has 4 rings (SSSR count). The van der Waals surface area contributed by atoms with Crippen molar-refractivity contribution < 1.29 is 24.1 Å². The number of rotatable bonds is 4. The molecule has 0 amide bonds. The summed E-state index contributed by atoms with van der Waals surface area (Å²) in [5, 5.41) is 21.9. The Balaban J connectivity index is 1.40. The van der Waals surface area contributed by atoms with Crippen LogP contribution >= 0.6 is 0 Å². The Bertz CT molecular complexity index is 828. The second-order valence-corrected chi connectivity index (χ2v) is 7.97. The van der Waals surface area contributed by atoms with E-state index in [0.29, 0.717) is 44.9 Å². The maximum Gasteiger partial charge on any atom is 0.161 e. The average Bonchev–Trinajstić information content (AvgIpc) is 3.07. The predicted octanol–water partition coefficient (Wildman–Crippen LogP) is 3.39. The van der Waals surface area contributed by atoms with Crippen molar-refractivity contribution in [2.45, 2.75) is 37.4 Å². The molecule has 2 aromatic carbocycles. The molecule has 2 aliphatic rings. The summed E-state index contributed by atoms with van der Waals surface area (Å²) in [5.74, 6) is 1.10. The topological polar surface area (TPSA) is 62.2 Å². The fourth-order valence-corrected chi connectivity index (χ4v) is 4.14. The summed E-state index contributed by atoms with van der Waals surface area (Å²) in [7, 11) is 0. The predicted molar refractivity (Wildman–Crippen MR) is 108 cm³/mol. The normalized spacial score (nSPS) is 23.8. The number of hydrogen-bond donors (Lipinski definition) is 2. The highest BCUT2D eigenvalue weighted by molar-refractivity contribution is 5.44. The zero-order valence-electron chi connectivity index (χ0n) is 16.5. The van der Waals surface area contributed by atoms with Crippen molar-refractivity contribution >= 4 is 0 Å². The van der Waals surface area contributed by atoms with Crippen LogP contribution in [0.2, 0.25) is 0 Å². The van der Waals surface area contributed by atoms with Crippen LogP contribution in [0.25, 0.3) is 0 Å². The minimum absolute atomic E-state index is 0.300. The maximum absolute atomic E-state index is 13.2. The van der Waals surface area contributed by atoms with Gasteiger partial charge < -0.3 is 24.6 Å². The van der Waals surface area contributed by atoms with E-state index in [2.05, 4.69) is 4.90 Å². The third-order valence-corrected chi connectivity index (χ3v) is 5.88. The van der Waals surface area contributed by atoms with Crippen LogP contribution in [-0.4, -0.2) is 48.0 Å². The number of β-amino-alcohol motifs (C(OH)–C–C–N with tert-alkyl or cyclic N) is 1. The SMILES string of the molecule is O[C@@H](CN1CCC[C@](O)(c2ccc(F)cc2)CC1)c1ccc2c(c1)OCCCO2. The minimum atomic E-state index is -0.956. The summed E-state index contributed by atoms with van der Waals surface area (Å²) >= 11 is 0. The third kappa shape index (κ3) is 4.71. The Hall–Kier alpha value is -2.15. The summed E-state index contributed by atoms with van der Waals surface area (Å²) in [4.78, 5) is 2.18. The summed E-state index contributed by atoms with van der Waals surface area (Å²) < 4.78 is 24.6. The lowest BCUT2D eigenvalue weighted by molar-refractivity contribution is 0.0194. The molecule has 0 radical (unpaired) electrons. The lowest BCUT2D eigenvalue weighted by Crippen LogP contribution is -2.32. The molecule has 2 heterocycles. The fourth-order valence-electron chi connectivity index (χ4n) is 4.14. The molecule has 1 fully saturated rings. The van der Waals surface area contributed by atoms with Gasteiger partial charge in [-0.2, -0.15) is 0 Å². The summed E-state index contributed by atoms with van der Waals surface area (Å²) in [5.41, 5.74) is 0.597. The van der Waals surface area contributed by atoms with Crippen molar-refractivity contribution in [2.24, 2.45) is 0 Å².